The number of nitrogens with zero attached hydrogens (tertiary/aromatic N) is 2. The molecule has 0 radical (unpaired) electrons. The summed E-state index contributed by atoms with van der Waals surface area (Å²) in [6, 6.07) is 4.60. The lowest BCUT2D eigenvalue weighted by Gasteiger charge is -2.12. The standard InChI is InChI=1S/C14H12ClF3N2O/c1-3-11-19-12(15)8(2)13(20-11)21-10-6-4-5-9(7-10)14(16,17)18/h4-7H,3H2,1-2H3. The summed E-state index contributed by atoms with van der Waals surface area (Å²) in [5, 5.41) is 0.226. The summed E-state index contributed by atoms with van der Waals surface area (Å²) in [5.41, 5.74) is -0.306. The van der Waals surface area contributed by atoms with E-state index in [0.717, 1.165) is 12.1 Å². The highest BCUT2D eigenvalue weighted by Gasteiger charge is 2.30. The molecule has 0 spiro atoms. The molecule has 0 saturated heterocycles. The van der Waals surface area contributed by atoms with E-state index < -0.39 is 11.7 Å². The molecule has 1 aromatic heterocycles. The molecule has 112 valence electrons. The highest BCUT2D eigenvalue weighted by Crippen LogP contribution is 2.33. The number of rotatable bonds is 3. The first kappa shape index (κ1) is 15.6. The number of aryl methyl sites for hydroxylation is 1. The van der Waals surface area contributed by atoms with E-state index in [1.165, 1.54) is 12.1 Å². The smallest absolute Gasteiger partial charge is 0.416 e. The molecule has 0 aliphatic heterocycles. The number of hydrogen-bond acceptors (Lipinski definition) is 3. The van der Waals surface area contributed by atoms with Crippen LogP contribution in [0, 0.1) is 6.92 Å². The Bertz CT molecular complexity index is 659. The highest BCUT2D eigenvalue weighted by atomic mass is 35.5. The van der Waals surface area contributed by atoms with Crippen molar-refractivity contribution in [2.24, 2.45) is 0 Å². The van der Waals surface area contributed by atoms with Crippen molar-refractivity contribution in [1.29, 1.82) is 0 Å². The van der Waals surface area contributed by atoms with Gasteiger partial charge in [-0.2, -0.15) is 18.2 Å². The molecule has 3 nitrogen and oxygen atoms in total. The normalized spacial score (nSPS) is 11.5. The lowest BCUT2D eigenvalue weighted by Crippen LogP contribution is -2.05. The van der Waals surface area contributed by atoms with Crippen LogP contribution in [0.2, 0.25) is 5.15 Å². The van der Waals surface area contributed by atoms with Crippen LogP contribution in [0.4, 0.5) is 13.2 Å². The first-order valence-electron chi connectivity index (χ1n) is 6.19. The summed E-state index contributed by atoms with van der Waals surface area (Å²) >= 11 is 5.96. The van der Waals surface area contributed by atoms with E-state index in [-0.39, 0.29) is 16.8 Å². The lowest BCUT2D eigenvalue weighted by molar-refractivity contribution is -0.137. The molecule has 0 unspecified atom stereocenters. The van der Waals surface area contributed by atoms with Crippen molar-refractivity contribution in [3.63, 3.8) is 0 Å². The second kappa shape index (κ2) is 5.89. The minimum atomic E-state index is -4.42. The summed E-state index contributed by atoms with van der Waals surface area (Å²) in [4.78, 5) is 8.18. The van der Waals surface area contributed by atoms with Crippen LogP contribution in [0.1, 0.15) is 23.9 Å². The Morgan fingerprint density at radius 2 is 1.95 bits per heavy atom. The fraction of sp³-hybridized carbons (Fsp3) is 0.286. The van der Waals surface area contributed by atoms with Crippen LogP contribution in [0.15, 0.2) is 24.3 Å². The van der Waals surface area contributed by atoms with E-state index in [1.54, 1.807) is 6.92 Å². The molecule has 7 heteroatoms. The van der Waals surface area contributed by atoms with E-state index in [4.69, 9.17) is 16.3 Å². The minimum absolute atomic E-state index is 0.0461. The third kappa shape index (κ3) is 3.64. The van der Waals surface area contributed by atoms with Crippen LogP contribution in [0.3, 0.4) is 0 Å². The van der Waals surface area contributed by atoms with Crippen molar-refractivity contribution in [3.8, 4) is 11.6 Å². The third-order valence-corrected chi connectivity index (χ3v) is 3.15. The van der Waals surface area contributed by atoms with Gasteiger partial charge in [-0.3, -0.25) is 0 Å². The number of alkyl halides is 3. The first-order chi connectivity index (χ1) is 9.81. The summed E-state index contributed by atoms with van der Waals surface area (Å²) in [6.07, 6.45) is -3.88. The monoisotopic (exact) mass is 316 g/mol. The molecule has 2 aromatic rings. The summed E-state index contributed by atoms with van der Waals surface area (Å²) in [5.74, 6) is 0.670. The number of ether oxygens (including phenoxy) is 1. The third-order valence-electron chi connectivity index (χ3n) is 2.78. The van der Waals surface area contributed by atoms with Crippen LogP contribution >= 0.6 is 11.6 Å². The predicted octanol–water partition coefficient (Wildman–Crippen LogP) is 4.81. The van der Waals surface area contributed by atoms with Gasteiger partial charge in [0.25, 0.3) is 0 Å². The average molecular weight is 317 g/mol. The Hall–Kier alpha value is -1.82. The van der Waals surface area contributed by atoms with Crippen molar-refractivity contribution < 1.29 is 17.9 Å². The van der Waals surface area contributed by atoms with Gasteiger partial charge in [-0.15, -0.1) is 0 Å². The number of aromatic nitrogens is 2. The quantitative estimate of drug-likeness (QED) is 0.762. The van der Waals surface area contributed by atoms with Crippen molar-refractivity contribution in [3.05, 3.63) is 46.4 Å². The molecule has 2 rings (SSSR count). The summed E-state index contributed by atoms with van der Waals surface area (Å²) in [7, 11) is 0. The maximum atomic E-state index is 12.7. The van der Waals surface area contributed by atoms with E-state index in [0.29, 0.717) is 17.8 Å². The number of benzene rings is 1. The van der Waals surface area contributed by atoms with Gasteiger partial charge in [-0.1, -0.05) is 24.6 Å². The Kier molecular flexibility index (Phi) is 4.37. The Morgan fingerprint density at radius 3 is 2.57 bits per heavy atom. The molecule has 0 aliphatic carbocycles. The second-order valence-corrected chi connectivity index (χ2v) is 4.70. The largest absolute Gasteiger partial charge is 0.439 e. The van der Waals surface area contributed by atoms with Gasteiger partial charge in [0.1, 0.15) is 16.7 Å². The molecular weight excluding hydrogens is 305 g/mol. The first-order valence-corrected chi connectivity index (χ1v) is 6.57. The molecule has 0 aliphatic rings. The second-order valence-electron chi connectivity index (χ2n) is 4.34. The molecule has 21 heavy (non-hydrogen) atoms. The minimum Gasteiger partial charge on any atom is -0.439 e. The van der Waals surface area contributed by atoms with Crippen molar-refractivity contribution in [2.75, 3.05) is 0 Å². The topological polar surface area (TPSA) is 35.0 Å². The van der Waals surface area contributed by atoms with Gasteiger partial charge in [0, 0.05) is 12.0 Å². The Morgan fingerprint density at radius 1 is 1.24 bits per heavy atom. The summed E-state index contributed by atoms with van der Waals surface area (Å²) < 4.78 is 43.4. The molecule has 1 aromatic carbocycles. The Balaban J connectivity index is 2.36. The maximum Gasteiger partial charge on any atom is 0.416 e. The lowest BCUT2D eigenvalue weighted by atomic mass is 10.2. The van der Waals surface area contributed by atoms with Gasteiger partial charge in [0.2, 0.25) is 5.88 Å². The van der Waals surface area contributed by atoms with E-state index in [1.807, 2.05) is 6.92 Å². The fourth-order valence-electron chi connectivity index (χ4n) is 1.62. The van der Waals surface area contributed by atoms with Crippen LogP contribution in [0.25, 0.3) is 0 Å². The zero-order valence-corrected chi connectivity index (χ0v) is 12.1. The number of hydrogen-bond donors (Lipinski definition) is 0. The van der Waals surface area contributed by atoms with Gasteiger partial charge >= 0.3 is 6.18 Å². The molecule has 1 heterocycles. The summed E-state index contributed by atoms with van der Waals surface area (Å²) in [6.45, 7) is 3.49. The van der Waals surface area contributed by atoms with Crippen LogP contribution in [-0.2, 0) is 12.6 Å². The van der Waals surface area contributed by atoms with Crippen molar-refractivity contribution in [1.82, 2.24) is 9.97 Å². The van der Waals surface area contributed by atoms with Gasteiger partial charge in [-0.25, -0.2) is 4.98 Å². The SMILES string of the molecule is CCc1nc(Cl)c(C)c(Oc2cccc(C(F)(F)F)c2)n1. The van der Waals surface area contributed by atoms with Crippen molar-refractivity contribution >= 4 is 11.6 Å². The number of halogens is 4. The van der Waals surface area contributed by atoms with Gasteiger partial charge in [0.15, 0.2) is 0 Å². The van der Waals surface area contributed by atoms with E-state index in [9.17, 15) is 13.2 Å². The maximum absolute atomic E-state index is 12.7. The molecule has 0 fully saturated rings. The highest BCUT2D eigenvalue weighted by molar-refractivity contribution is 6.30. The van der Waals surface area contributed by atoms with Crippen molar-refractivity contribution in [2.45, 2.75) is 26.4 Å². The van der Waals surface area contributed by atoms with Crippen LogP contribution < -0.4 is 4.74 Å². The van der Waals surface area contributed by atoms with Gasteiger partial charge in [-0.05, 0) is 25.1 Å². The average Bonchev–Trinajstić information content (AvgIpc) is 2.43. The van der Waals surface area contributed by atoms with Crippen LogP contribution in [-0.4, -0.2) is 9.97 Å². The van der Waals surface area contributed by atoms with Crippen LogP contribution in [0.5, 0.6) is 11.6 Å². The molecule has 0 amide bonds. The molecule has 0 bridgehead atoms. The molecule has 0 saturated carbocycles. The zero-order chi connectivity index (χ0) is 15.6. The fourth-order valence-corrected chi connectivity index (χ4v) is 1.79. The zero-order valence-electron chi connectivity index (χ0n) is 11.3. The molecule has 0 atom stereocenters. The molecule has 0 N–H and O–H groups in total. The predicted molar refractivity (Wildman–Crippen MR) is 72.7 cm³/mol. The Labute approximate surface area is 124 Å². The van der Waals surface area contributed by atoms with E-state index in [2.05, 4.69) is 9.97 Å². The van der Waals surface area contributed by atoms with Gasteiger partial charge < -0.3 is 4.74 Å². The molecular formula is C14H12ClF3N2O. The van der Waals surface area contributed by atoms with E-state index >= 15 is 0 Å². The van der Waals surface area contributed by atoms with Gasteiger partial charge in [0.05, 0.1) is 5.56 Å².